The first kappa shape index (κ1) is 13.2. The molecule has 0 saturated carbocycles. The number of imide groups is 1. The van der Waals surface area contributed by atoms with Crippen LogP contribution in [0.5, 0.6) is 0 Å². The molecule has 3 N–H and O–H groups in total. The van der Waals surface area contributed by atoms with Gasteiger partial charge in [-0.3, -0.25) is 10.1 Å². The van der Waals surface area contributed by atoms with E-state index in [4.69, 9.17) is 0 Å². The second-order valence-corrected chi connectivity index (χ2v) is 2.82. The number of rotatable bonds is 2. The fraction of sp³-hybridized carbons (Fsp3) is 0.273. The van der Waals surface area contributed by atoms with Crippen molar-refractivity contribution >= 4 is 11.9 Å². The van der Waals surface area contributed by atoms with Gasteiger partial charge in [0.15, 0.2) is 0 Å². The third kappa shape index (κ3) is 10.1. The van der Waals surface area contributed by atoms with Gasteiger partial charge in [-0.15, -0.1) is 0 Å². The summed E-state index contributed by atoms with van der Waals surface area (Å²) in [6.45, 7) is 1.85. The average molecular weight is 208 g/mol. The highest BCUT2D eigenvalue weighted by molar-refractivity contribution is 5.93. The predicted octanol–water partition coefficient (Wildman–Crippen LogP) is 1.67. The summed E-state index contributed by atoms with van der Waals surface area (Å²) in [7, 11) is 0. The maximum atomic E-state index is 10.4. The molecule has 0 aliphatic carbocycles. The fourth-order valence-electron chi connectivity index (χ4n) is 0.812. The first-order valence-corrected chi connectivity index (χ1v) is 4.76. The van der Waals surface area contributed by atoms with Crippen LogP contribution in [0.15, 0.2) is 36.4 Å². The van der Waals surface area contributed by atoms with Crippen molar-refractivity contribution in [3.63, 3.8) is 0 Å². The van der Waals surface area contributed by atoms with Crippen LogP contribution >= 0.6 is 0 Å². The zero-order chi connectivity index (χ0) is 11.5. The van der Waals surface area contributed by atoms with Crippen LogP contribution in [0.3, 0.4) is 0 Å². The number of hydrogen-bond donors (Lipinski definition) is 2. The number of primary amides is 1. The SMILES string of the molecule is CCCC(=O)NC(N)=O.c1ccccc1. The number of carbonyl (C=O) groups excluding carboxylic acids is 2. The van der Waals surface area contributed by atoms with E-state index < -0.39 is 6.03 Å². The van der Waals surface area contributed by atoms with E-state index in [-0.39, 0.29) is 5.91 Å². The number of urea groups is 1. The van der Waals surface area contributed by atoms with E-state index in [1.54, 1.807) is 0 Å². The first-order chi connectivity index (χ1) is 7.16. The van der Waals surface area contributed by atoms with E-state index in [0.717, 1.165) is 6.42 Å². The van der Waals surface area contributed by atoms with Crippen LogP contribution in [-0.4, -0.2) is 11.9 Å². The minimum Gasteiger partial charge on any atom is -0.351 e. The van der Waals surface area contributed by atoms with Crippen molar-refractivity contribution < 1.29 is 9.59 Å². The molecular formula is C11H16N2O2. The molecule has 15 heavy (non-hydrogen) atoms. The van der Waals surface area contributed by atoms with Gasteiger partial charge in [-0.05, 0) is 6.42 Å². The van der Waals surface area contributed by atoms with E-state index in [1.807, 2.05) is 48.6 Å². The van der Waals surface area contributed by atoms with Crippen molar-refractivity contribution in [2.75, 3.05) is 0 Å². The maximum Gasteiger partial charge on any atom is 0.318 e. The molecule has 82 valence electrons. The second kappa shape index (κ2) is 8.74. The molecule has 1 aromatic rings. The number of carbonyl (C=O) groups is 2. The van der Waals surface area contributed by atoms with Gasteiger partial charge in [-0.1, -0.05) is 43.3 Å². The molecule has 0 unspecified atom stereocenters. The Bertz CT molecular complexity index is 259. The zero-order valence-electron chi connectivity index (χ0n) is 8.77. The maximum absolute atomic E-state index is 10.4. The summed E-state index contributed by atoms with van der Waals surface area (Å²) in [5, 5.41) is 1.94. The molecule has 0 aliphatic rings. The van der Waals surface area contributed by atoms with Gasteiger partial charge in [0.2, 0.25) is 5.91 Å². The molecule has 1 rings (SSSR count). The molecule has 4 nitrogen and oxygen atoms in total. The van der Waals surface area contributed by atoms with Crippen LogP contribution in [-0.2, 0) is 4.79 Å². The van der Waals surface area contributed by atoms with Crippen molar-refractivity contribution in [3.8, 4) is 0 Å². The summed E-state index contributed by atoms with van der Waals surface area (Å²) in [5.41, 5.74) is 4.65. The second-order valence-electron chi connectivity index (χ2n) is 2.82. The third-order valence-electron chi connectivity index (χ3n) is 1.41. The van der Waals surface area contributed by atoms with Crippen LogP contribution < -0.4 is 11.1 Å². The Morgan fingerprint density at radius 1 is 1.07 bits per heavy atom. The quantitative estimate of drug-likeness (QED) is 0.775. The number of benzene rings is 1. The van der Waals surface area contributed by atoms with Crippen molar-refractivity contribution in [2.45, 2.75) is 19.8 Å². The van der Waals surface area contributed by atoms with Crippen molar-refractivity contribution in [3.05, 3.63) is 36.4 Å². The van der Waals surface area contributed by atoms with E-state index >= 15 is 0 Å². The van der Waals surface area contributed by atoms with Gasteiger partial charge in [0, 0.05) is 6.42 Å². The monoisotopic (exact) mass is 208 g/mol. The van der Waals surface area contributed by atoms with Crippen LogP contribution in [0.25, 0.3) is 0 Å². The highest BCUT2D eigenvalue weighted by Crippen LogP contribution is 1.83. The summed E-state index contributed by atoms with van der Waals surface area (Å²) < 4.78 is 0. The molecule has 0 atom stereocenters. The van der Waals surface area contributed by atoms with Gasteiger partial charge < -0.3 is 5.73 Å². The van der Waals surface area contributed by atoms with E-state index in [2.05, 4.69) is 5.73 Å². The minimum atomic E-state index is -0.784. The number of nitrogens with one attached hydrogen (secondary N) is 1. The molecule has 0 radical (unpaired) electrons. The Morgan fingerprint density at radius 2 is 1.47 bits per heavy atom. The molecule has 0 bridgehead atoms. The lowest BCUT2D eigenvalue weighted by Crippen LogP contribution is -2.34. The number of amides is 3. The van der Waals surface area contributed by atoms with Crippen LogP contribution in [0.2, 0.25) is 0 Å². The Hall–Kier alpha value is -1.84. The molecule has 0 fully saturated rings. The average Bonchev–Trinajstić information content (AvgIpc) is 2.20. The topological polar surface area (TPSA) is 72.2 Å². The van der Waals surface area contributed by atoms with Gasteiger partial charge in [0.1, 0.15) is 0 Å². The van der Waals surface area contributed by atoms with Crippen molar-refractivity contribution in [1.29, 1.82) is 0 Å². The van der Waals surface area contributed by atoms with Crippen LogP contribution in [0.1, 0.15) is 19.8 Å². The molecular weight excluding hydrogens is 192 g/mol. The van der Waals surface area contributed by atoms with E-state index in [0.29, 0.717) is 6.42 Å². The highest BCUT2D eigenvalue weighted by atomic mass is 16.2. The number of hydrogen-bond acceptors (Lipinski definition) is 2. The van der Waals surface area contributed by atoms with Crippen molar-refractivity contribution in [1.82, 2.24) is 5.32 Å². The van der Waals surface area contributed by atoms with Gasteiger partial charge in [0.25, 0.3) is 0 Å². The summed E-state index contributed by atoms with van der Waals surface area (Å²) in [5.74, 6) is -0.315. The molecule has 0 saturated heterocycles. The molecule has 0 aliphatic heterocycles. The Kier molecular flexibility index (Phi) is 7.67. The predicted molar refractivity (Wildman–Crippen MR) is 59.1 cm³/mol. The minimum absolute atomic E-state index is 0.315. The summed E-state index contributed by atoms with van der Waals surface area (Å²) in [6, 6.07) is 11.2. The van der Waals surface area contributed by atoms with Gasteiger partial charge in [0.05, 0.1) is 0 Å². The van der Waals surface area contributed by atoms with Crippen LogP contribution in [0, 0.1) is 0 Å². The normalized spacial score (nSPS) is 8.33. The van der Waals surface area contributed by atoms with Gasteiger partial charge >= 0.3 is 6.03 Å². The lowest BCUT2D eigenvalue weighted by molar-refractivity contribution is -0.119. The van der Waals surface area contributed by atoms with E-state index in [9.17, 15) is 9.59 Å². The molecule has 1 aromatic carbocycles. The van der Waals surface area contributed by atoms with Crippen molar-refractivity contribution in [2.24, 2.45) is 5.73 Å². The molecule has 0 aromatic heterocycles. The molecule has 0 spiro atoms. The lowest BCUT2D eigenvalue weighted by atomic mass is 10.3. The summed E-state index contributed by atoms with van der Waals surface area (Å²) >= 11 is 0. The zero-order valence-corrected chi connectivity index (χ0v) is 8.77. The summed E-state index contributed by atoms with van der Waals surface area (Å²) in [6.07, 6.45) is 1.07. The lowest BCUT2D eigenvalue weighted by Gasteiger charge is -1.95. The fourth-order valence-corrected chi connectivity index (χ4v) is 0.812. The smallest absolute Gasteiger partial charge is 0.318 e. The standard InChI is InChI=1S/C6H6.C5H10N2O2/c1-2-4-6-5-3-1;1-2-3-4(8)7-5(6)9/h1-6H;2-3H2,1H3,(H3,6,7,8,9). The third-order valence-corrected chi connectivity index (χ3v) is 1.41. The molecule has 3 amide bonds. The molecule has 4 heteroatoms. The first-order valence-electron chi connectivity index (χ1n) is 4.76. The Morgan fingerprint density at radius 3 is 1.73 bits per heavy atom. The Balaban J connectivity index is 0.000000280. The van der Waals surface area contributed by atoms with Gasteiger partial charge in [-0.2, -0.15) is 0 Å². The van der Waals surface area contributed by atoms with Gasteiger partial charge in [-0.25, -0.2) is 4.79 Å². The molecule has 0 heterocycles. The van der Waals surface area contributed by atoms with E-state index in [1.165, 1.54) is 0 Å². The largest absolute Gasteiger partial charge is 0.351 e. The summed E-state index contributed by atoms with van der Waals surface area (Å²) in [4.78, 5) is 20.4. The Labute approximate surface area is 89.5 Å². The number of nitrogens with two attached hydrogens (primary N) is 1. The highest BCUT2D eigenvalue weighted by Gasteiger charge is 1.99. The van der Waals surface area contributed by atoms with Crippen LogP contribution in [0.4, 0.5) is 4.79 Å².